The molecule has 0 atom stereocenters. The van der Waals surface area contributed by atoms with Crippen molar-refractivity contribution in [2.45, 2.75) is 25.7 Å². The van der Waals surface area contributed by atoms with Gasteiger partial charge in [-0.25, -0.2) is 4.79 Å². The molecule has 0 unspecified atom stereocenters. The van der Waals surface area contributed by atoms with E-state index in [2.05, 4.69) is 38.6 Å². The van der Waals surface area contributed by atoms with E-state index in [-0.39, 0.29) is 5.97 Å². The van der Waals surface area contributed by atoms with Gasteiger partial charge in [0, 0.05) is 16.2 Å². The van der Waals surface area contributed by atoms with Gasteiger partial charge < -0.3 is 4.74 Å². The maximum Gasteiger partial charge on any atom is 0.334 e. The molecule has 0 bridgehead atoms. The molecule has 1 rings (SSSR count). The van der Waals surface area contributed by atoms with Crippen molar-refractivity contribution in [1.29, 1.82) is 0 Å². The SMILES string of the molecule is C=C(CSc1ccc(C)cc1C)C(=O)OCC. The highest BCUT2D eigenvalue weighted by molar-refractivity contribution is 7.99. The lowest BCUT2D eigenvalue weighted by Gasteiger charge is -2.08. The molecule has 1 aromatic carbocycles. The number of carbonyl (C=O) groups is 1. The molecule has 92 valence electrons. The van der Waals surface area contributed by atoms with E-state index in [0.717, 1.165) is 0 Å². The molecule has 0 aliphatic rings. The van der Waals surface area contributed by atoms with Gasteiger partial charge in [0.15, 0.2) is 0 Å². The van der Waals surface area contributed by atoms with E-state index < -0.39 is 0 Å². The zero-order valence-electron chi connectivity index (χ0n) is 10.6. The van der Waals surface area contributed by atoms with Gasteiger partial charge in [-0.2, -0.15) is 0 Å². The minimum atomic E-state index is -0.301. The van der Waals surface area contributed by atoms with Gasteiger partial charge in [0.1, 0.15) is 0 Å². The standard InChI is InChI=1S/C14H18O2S/c1-5-16-14(15)12(4)9-17-13-7-6-10(2)8-11(13)3/h6-8H,4-5,9H2,1-3H3. The van der Waals surface area contributed by atoms with Gasteiger partial charge in [-0.1, -0.05) is 24.3 Å². The molecule has 0 saturated carbocycles. The van der Waals surface area contributed by atoms with Crippen LogP contribution in [0.3, 0.4) is 0 Å². The molecular weight excluding hydrogens is 232 g/mol. The van der Waals surface area contributed by atoms with Crippen LogP contribution in [0.15, 0.2) is 35.2 Å². The molecule has 0 aliphatic carbocycles. The smallest absolute Gasteiger partial charge is 0.334 e. The van der Waals surface area contributed by atoms with Crippen LogP contribution in [0, 0.1) is 13.8 Å². The van der Waals surface area contributed by atoms with Crippen LogP contribution in [-0.4, -0.2) is 18.3 Å². The van der Waals surface area contributed by atoms with Crippen LogP contribution in [-0.2, 0) is 9.53 Å². The molecule has 17 heavy (non-hydrogen) atoms. The number of aryl methyl sites for hydroxylation is 2. The van der Waals surface area contributed by atoms with Gasteiger partial charge in [-0.15, -0.1) is 11.8 Å². The molecule has 0 aliphatic heterocycles. The summed E-state index contributed by atoms with van der Waals surface area (Å²) in [5, 5.41) is 0. The van der Waals surface area contributed by atoms with Crippen LogP contribution >= 0.6 is 11.8 Å². The highest BCUT2D eigenvalue weighted by atomic mass is 32.2. The third-order valence-corrected chi connectivity index (χ3v) is 3.56. The number of benzene rings is 1. The first-order valence-electron chi connectivity index (χ1n) is 5.59. The molecule has 0 saturated heterocycles. The summed E-state index contributed by atoms with van der Waals surface area (Å²) in [4.78, 5) is 12.5. The predicted octanol–water partition coefficient (Wildman–Crippen LogP) is 3.51. The van der Waals surface area contributed by atoms with E-state index >= 15 is 0 Å². The van der Waals surface area contributed by atoms with Gasteiger partial charge in [-0.3, -0.25) is 0 Å². The zero-order chi connectivity index (χ0) is 12.8. The van der Waals surface area contributed by atoms with E-state index in [1.165, 1.54) is 16.0 Å². The van der Waals surface area contributed by atoms with Crippen molar-refractivity contribution >= 4 is 17.7 Å². The van der Waals surface area contributed by atoms with Gasteiger partial charge >= 0.3 is 5.97 Å². The van der Waals surface area contributed by atoms with Crippen LogP contribution in [0.5, 0.6) is 0 Å². The summed E-state index contributed by atoms with van der Waals surface area (Å²) >= 11 is 1.62. The summed E-state index contributed by atoms with van der Waals surface area (Å²) in [5.41, 5.74) is 2.99. The topological polar surface area (TPSA) is 26.3 Å². The number of hydrogen-bond acceptors (Lipinski definition) is 3. The molecule has 3 heteroatoms. The molecule has 0 spiro atoms. The molecule has 0 fully saturated rings. The monoisotopic (exact) mass is 250 g/mol. The lowest BCUT2D eigenvalue weighted by atomic mass is 10.2. The minimum Gasteiger partial charge on any atom is -0.463 e. The predicted molar refractivity (Wildman–Crippen MR) is 72.4 cm³/mol. The Morgan fingerprint density at radius 3 is 2.71 bits per heavy atom. The first-order valence-corrected chi connectivity index (χ1v) is 6.58. The number of ether oxygens (including phenoxy) is 1. The van der Waals surface area contributed by atoms with E-state index in [1.807, 2.05) is 0 Å². The van der Waals surface area contributed by atoms with Gasteiger partial charge in [0.25, 0.3) is 0 Å². The summed E-state index contributed by atoms with van der Waals surface area (Å²) in [6.07, 6.45) is 0. The van der Waals surface area contributed by atoms with Crippen molar-refractivity contribution in [2.24, 2.45) is 0 Å². The number of esters is 1. The van der Waals surface area contributed by atoms with Gasteiger partial charge in [0.05, 0.1) is 6.61 Å². The van der Waals surface area contributed by atoms with Crippen LogP contribution in [0.1, 0.15) is 18.1 Å². The van der Waals surface area contributed by atoms with Crippen molar-refractivity contribution in [2.75, 3.05) is 12.4 Å². The fraction of sp³-hybridized carbons (Fsp3) is 0.357. The first kappa shape index (κ1) is 13.8. The summed E-state index contributed by atoms with van der Waals surface area (Å²) in [5.74, 6) is 0.271. The first-order chi connectivity index (χ1) is 8.04. The van der Waals surface area contributed by atoms with Crippen LogP contribution in [0.25, 0.3) is 0 Å². The number of rotatable bonds is 5. The van der Waals surface area contributed by atoms with Crippen LogP contribution in [0.2, 0.25) is 0 Å². The summed E-state index contributed by atoms with van der Waals surface area (Å²) in [7, 11) is 0. The molecule has 1 aromatic rings. The van der Waals surface area contributed by atoms with Crippen LogP contribution in [0.4, 0.5) is 0 Å². The number of hydrogen-bond donors (Lipinski definition) is 0. The maximum atomic E-state index is 11.4. The molecule has 0 radical (unpaired) electrons. The Kier molecular flexibility index (Phi) is 5.29. The van der Waals surface area contributed by atoms with Crippen molar-refractivity contribution in [3.05, 3.63) is 41.5 Å². The van der Waals surface area contributed by atoms with E-state index in [4.69, 9.17) is 4.74 Å². The third kappa shape index (κ3) is 4.27. The van der Waals surface area contributed by atoms with Crippen molar-refractivity contribution < 1.29 is 9.53 Å². The Morgan fingerprint density at radius 2 is 2.12 bits per heavy atom. The Bertz CT molecular complexity index is 424. The lowest BCUT2D eigenvalue weighted by Crippen LogP contribution is -2.08. The van der Waals surface area contributed by atoms with E-state index in [1.54, 1.807) is 18.7 Å². The second kappa shape index (κ2) is 6.50. The summed E-state index contributed by atoms with van der Waals surface area (Å²) in [6.45, 7) is 10.1. The number of carbonyl (C=O) groups excluding carboxylic acids is 1. The average Bonchev–Trinajstić information content (AvgIpc) is 2.27. The molecule has 2 nitrogen and oxygen atoms in total. The Labute approximate surface area is 107 Å². The quantitative estimate of drug-likeness (QED) is 0.454. The molecule has 0 heterocycles. The normalized spacial score (nSPS) is 10.1. The fourth-order valence-corrected chi connectivity index (χ4v) is 2.32. The zero-order valence-corrected chi connectivity index (χ0v) is 11.4. The molecule has 0 amide bonds. The summed E-state index contributed by atoms with van der Waals surface area (Å²) in [6, 6.07) is 6.28. The summed E-state index contributed by atoms with van der Waals surface area (Å²) < 4.78 is 4.89. The Morgan fingerprint density at radius 1 is 1.41 bits per heavy atom. The third-order valence-electron chi connectivity index (χ3n) is 2.30. The average molecular weight is 250 g/mol. The van der Waals surface area contributed by atoms with Gasteiger partial charge in [0.2, 0.25) is 0 Å². The molecular formula is C14H18O2S. The largest absolute Gasteiger partial charge is 0.463 e. The Hall–Kier alpha value is -1.22. The molecule has 0 N–H and O–H groups in total. The maximum absolute atomic E-state index is 11.4. The highest BCUT2D eigenvalue weighted by Gasteiger charge is 2.08. The number of thioether (sulfide) groups is 1. The molecule has 0 aromatic heterocycles. The van der Waals surface area contributed by atoms with Gasteiger partial charge in [-0.05, 0) is 32.4 Å². The van der Waals surface area contributed by atoms with Crippen molar-refractivity contribution in [3.8, 4) is 0 Å². The second-order valence-electron chi connectivity index (χ2n) is 3.88. The van der Waals surface area contributed by atoms with Crippen molar-refractivity contribution in [1.82, 2.24) is 0 Å². The van der Waals surface area contributed by atoms with Crippen molar-refractivity contribution in [3.63, 3.8) is 0 Å². The van der Waals surface area contributed by atoms with E-state index in [0.29, 0.717) is 17.9 Å². The fourth-order valence-electron chi connectivity index (χ4n) is 1.42. The minimum absolute atomic E-state index is 0.301. The lowest BCUT2D eigenvalue weighted by molar-refractivity contribution is -0.138. The highest BCUT2D eigenvalue weighted by Crippen LogP contribution is 2.24. The second-order valence-corrected chi connectivity index (χ2v) is 4.90. The van der Waals surface area contributed by atoms with Crippen LogP contribution < -0.4 is 0 Å². The Balaban J connectivity index is 2.56. The van der Waals surface area contributed by atoms with E-state index in [9.17, 15) is 4.79 Å².